The lowest BCUT2D eigenvalue weighted by Gasteiger charge is -2.32. The van der Waals surface area contributed by atoms with Gasteiger partial charge in [0.25, 0.3) is 0 Å². The molecule has 1 saturated heterocycles. The number of nitrogens with zero attached hydrogens (tertiary/aromatic N) is 4. The number of aryl methyl sites for hydroxylation is 3. The van der Waals surface area contributed by atoms with E-state index in [2.05, 4.69) is 51.7 Å². The summed E-state index contributed by atoms with van der Waals surface area (Å²) in [5.74, 6) is 2.99. The first-order chi connectivity index (χ1) is 11.2. The lowest BCUT2D eigenvalue weighted by Crippen LogP contribution is -2.35. The van der Waals surface area contributed by atoms with E-state index in [1.165, 1.54) is 54.1 Å². The second-order valence-electron chi connectivity index (χ2n) is 7.23. The van der Waals surface area contributed by atoms with Crippen LogP contribution in [-0.4, -0.2) is 32.8 Å². The van der Waals surface area contributed by atoms with Gasteiger partial charge in [0.1, 0.15) is 11.6 Å². The summed E-state index contributed by atoms with van der Waals surface area (Å²) in [6.07, 6.45) is 4.85. The third kappa shape index (κ3) is 2.92. The molecule has 2 aliphatic rings. The molecule has 0 radical (unpaired) electrons. The first-order valence-corrected chi connectivity index (χ1v) is 8.91. The Hall–Kier alpha value is -1.68. The zero-order valence-corrected chi connectivity index (χ0v) is 14.3. The minimum atomic E-state index is 0.550. The zero-order valence-electron chi connectivity index (χ0n) is 14.3. The smallest absolute Gasteiger partial charge is 0.137 e. The maximum Gasteiger partial charge on any atom is 0.137 e. The lowest BCUT2D eigenvalue weighted by molar-refractivity contribution is 0.194. The van der Waals surface area contributed by atoms with Gasteiger partial charge in [0.2, 0.25) is 0 Å². The Labute approximate surface area is 138 Å². The SMILES string of the molecule is Cc1ccc(CN2CCCC(c3nnc4n3CCC4)C2)c(C)c1. The van der Waals surface area contributed by atoms with Crippen LogP contribution < -0.4 is 0 Å². The van der Waals surface area contributed by atoms with Crippen LogP contribution in [0, 0.1) is 13.8 Å². The van der Waals surface area contributed by atoms with E-state index in [1.807, 2.05) is 0 Å². The van der Waals surface area contributed by atoms with E-state index in [4.69, 9.17) is 0 Å². The number of fused-ring (bicyclic) bond motifs is 1. The largest absolute Gasteiger partial charge is 0.315 e. The fourth-order valence-corrected chi connectivity index (χ4v) is 4.15. The topological polar surface area (TPSA) is 34.0 Å². The second-order valence-corrected chi connectivity index (χ2v) is 7.23. The van der Waals surface area contributed by atoms with Crippen LogP contribution in [0.5, 0.6) is 0 Å². The summed E-state index contributed by atoms with van der Waals surface area (Å²) in [5.41, 5.74) is 4.22. The number of aromatic nitrogens is 3. The highest BCUT2D eigenvalue weighted by molar-refractivity contribution is 5.30. The van der Waals surface area contributed by atoms with Crippen molar-refractivity contribution in [2.24, 2.45) is 0 Å². The number of hydrogen-bond acceptors (Lipinski definition) is 3. The highest BCUT2D eigenvalue weighted by Gasteiger charge is 2.28. The molecular weight excluding hydrogens is 284 g/mol. The van der Waals surface area contributed by atoms with Crippen molar-refractivity contribution in [1.82, 2.24) is 19.7 Å². The van der Waals surface area contributed by atoms with Gasteiger partial charge in [-0.05, 0) is 50.8 Å². The van der Waals surface area contributed by atoms with E-state index in [-0.39, 0.29) is 0 Å². The molecule has 0 amide bonds. The van der Waals surface area contributed by atoms with Gasteiger partial charge in [-0.2, -0.15) is 0 Å². The number of likely N-dealkylation sites (tertiary alicyclic amines) is 1. The molecule has 4 nitrogen and oxygen atoms in total. The molecule has 3 heterocycles. The van der Waals surface area contributed by atoms with E-state index in [1.54, 1.807) is 0 Å². The van der Waals surface area contributed by atoms with Crippen molar-refractivity contribution in [3.05, 3.63) is 46.5 Å². The molecule has 1 unspecified atom stereocenters. The van der Waals surface area contributed by atoms with Crippen molar-refractivity contribution in [2.45, 2.75) is 58.5 Å². The van der Waals surface area contributed by atoms with Crippen LogP contribution in [0.15, 0.2) is 18.2 Å². The Morgan fingerprint density at radius 2 is 2.04 bits per heavy atom. The fraction of sp³-hybridized carbons (Fsp3) is 0.579. The number of piperidine rings is 1. The predicted octanol–water partition coefficient (Wildman–Crippen LogP) is 3.22. The van der Waals surface area contributed by atoms with Crippen molar-refractivity contribution >= 4 is 0 Å². The van der Waals surface area contributed by atoms with E-state index in [0.29, 0.717) is 5.92 Å². The Kier molecular flexibility index (Phi) is 3.93. The summed E-state index contributed by atoms with van der Waals surface area (Å²) in [7, 11) is 0. The minimum absolute atomic E-state index is 0.550. The second kappa shape index (κ2) is 6.08. The van der Waals surface area contributed by atoms with Gasteiger partial charge in [-0.25, -0.2) is 0 Å². The molecule has 1 fully saturated rings. The van der Waals surface area contributed by atoms with Gasteiger partial charge in [-0.1, -0.05) is 23.8 Å². The Morgan fingerprint density at radius 3 is 2.91 bits per heavy atom. The zero-order chi connectivity index (χ0) is 15.8. The van der Waals surface area contributed by atoms with Crippen LogP contribution in [0.1, 0.15) is 53.5 Å². The number of hydrogen-bond donors (Lipinski definition) is 0. The van der Waals surface area contributed by atoms with E-state index >= 15 is 0 Å². The molecule has 0 N–H and O–H groups in total. The standard InChI is InChI=1S/C19H26N4/c1-14-7-8-16(15(2)11-14)12-22-9-3-5-17(13-22)19-21-20-18-6-4-10-23(18)19/h7-8,11,17H,3-6,9-10,12-13H2,1-2H3. The molecule has 1 aromatic heterocycles. The van der Waals surface area contributed by atoms with Gasteiger partial charge in [-0.3, -0.25) is 4.90 Å². The predicted molar refractivity (Wildman–Crippen MR) is 91.5 cm³/mol. The molecule has 0 bridgehead atoms. The average molecular weight is 310 g/mol. The highest BCUT2D eigenvalue weighted by Crippen LogP contribution is 2.29. The van der Waals surface area contributed by atoms with Crippen molar-refractivity contribution < 1.29 is 0 Å². The third-order valence-corrected chi connectivity index (χ3v) is 5.40. The van der Waals surface area contributed by atoms with Crippen LogP contribution in [-0.2, 0) is 19.5 Å². The lowest BCUT2D eigenvalue weighted by atomic mass is 9.96. The monoisotopic (exact) mass is 310 g/mol. The summed E-state index contributed by atoms with van der Waals surface area (Å²) in [6.45, 7) is 8.89. The van der Waals surface area contributed by atoms with Gasteiger partial charge in [-0.15, -0.1) is 10.2 Å². The molecule has 2 aromatic rings. The van der Waals surface area contributed by atoms with Crippen LogP contribution in [0.25, 0.3) is 0 Å². The molecule has 4 heteroatoms. The van der Waals surface area contributed by atoms with E-state index in [0.717, 1.165) is 26.1 Å². The summed E-state index contributed by atoms with van der Waals surface area (Å²) in [6, 6.07) is 6.82. The first kappa shape index (κ1) is 14.9. The summed E-state index contributed by atoms with van der Waals surface area (Å²) in [4.78, 5) is 2.60. The van der Waals surface area contributed by atoms with E-state index < -0.39 is 0 Å². The average Bonchev–Trinajstić information content (AvgIpc) is 3.13. The van der Waals surface area contributed by atoms with Gasteiger partial charge in [0, 0.05) is 32.0 Å². The first-order valence-electron chi connectivity index (χ1n) is 8.91. The molecule has 0 saturated carbocycles. The van der Waals surface area contributed by atoms with Crippen molar-refractivity contribution in [3.8, 4) is 0 Å². The van der Waals surface area contributed by atoms with Crippen LogP contribution in [0.3, 0.4) is 0 Å². The fourth-order valence-electron chi connectivity index (χ4n) is 4.15. The van der Waals surface area contributed by atoms with Gasteiger partial charge < -0.3 is 4.57 Å². The Balaban J connectivity index is 1.48. The van der Waals surface area contributed by atoms with E-state index in [9.17, 15) is 0 Å². The Morgan fingerprint density at radius 1 is 1.13 bits per heavy atom. The van der Waals surface area contributed by atoms with Crippen LogP contribution >= 0.6 is 0 Å². The molecular formula is C19H26N4. The normalized spacial score (nSPS) is 21.6. The van der Waals surface area contributed by atoms with Gasteiger partial charge in [0.15, 0.2) is 0 Å². The maximum atomic E-state index is 4.52. The van der Waals surface area contributed by atoms with Gasteiger partial charge in [0.05, 0.1) is 0 Å². The molecule has 2 aliphatic heterocycles. The quantitative estimate of drug-likeness (QED) is 0.873. The molecule has 1 aromatic carbocycles. The van der Waals surface area contributed by atoms with Crippen molar-refractivity contribution in [3.63, 3.8) is 0 Å². The molecule has 122 valence electrons. The molecule has 0 spiro atoms. The Bertz CT molecular complexity index is 703. The minimum Gasteiger partial charge on any atom is -0.315 e. The van der Waals surface area contributed by atoms with Crippen LogP contribution in [0.4, 0.5) is 0 Å². The van der Waals surface area contributed by atoms with Crippen molar-refractivity contribution in [1.29, 1.82) is 0 Å². The highest BCUT2D eigenvalue weighted by atomic mass is 15.3. The summed E-state index contributed by atoms with van der Waals surface area (Å²) < 4.78 is 2.38. The maximum absolute atomic E-state index is 4.52. The van der Waals surface area contributed by atoms with Crippen molar-refractivity contribution in [2.75, 3.05) is 13.1 Å². The summed E-state index contributed by atoms with van der Waals surface area (Å²) in [5, 5.41) is 8.92. The molecule has 0 aliphatic carbocycles. The number of rotatable bonds is 3. The summed E-state index contributed by atoms with van der Waals surface area (Å²) >= 11 is 0. The molecule has 4 rings (SSSR count). The van der Waals surface area contributed by atoms with Crippen LogP contribution in [0.2, 0.25) is 0 Å². The number of benzene rings is 1. The van der Waals surface area contributed by atoms with Gasteiger partial charge >= 0.3 is 0 Å². The molecule has 1 atom stereocenters. The third-order valence-electron chi connectivity index (χ3n) is 5.40. The molecule has 23 heavy (non-hydrogen) atoms.